The first-order valence-corrected chi connectivity index (χ1v) is 11.1. The van der Waals surface area contributed by atoms with E-state index in [-0.39, 0.29) is 17.8 Å². The number of hydrogen-bond donors (Lipinski definition) is 3. The van der Waals surface area contributed by atoms with Gasteiger partial charge in [-0.3, -0.25) is 9.69 Å². The summed E-state index contributed by atoms with van der Waals surface area (Å²) in [7, 11) is 0. The highest BCUT2D eigenvalue weighted by molar-refractivity contribution is 6.27. The van der Waals surface area contributed by atoms with Crippen molar-refractivity contribution in [1.29, 1.82) is 0 Å². The molecule has 5 rings (SSSR count). The van der Waals surface area contributed by atoms with Crippen LogP contribution in [0.1, 0.15) is 30.9 Å². The van der Waals surface area contributed by atoms with Crippen LogP contribution in [0.5, 0.6) is 5.75 Å². The fraction of sp³-hybridized carbons (Fsp3) is 0.375. The van der Waals surface area contributed by atoms with Crippen LogP contribution < -0.4 is 15.0 Å². The maximum absolute atomic E-state index is 14.5. The van der Waals surface area contributed by atoms with Gasteiger partial charge in [0, 0.05) is 36.8 Å². The summed E-state index contributed by atoms with van der Waals surface area (Å²) in [6.45, 7) is 2.65. The predicted octanol–water partition coefficient (Wildman–Crippen LogP) is 2.23. The lowest BCUT2D eigenvalue weighted by Crippen LogP contribution is -2.57. The molecule has 9 nitrogen and oxygen atoms in total. The van der Waals surface area contributed by atoms with E-state index in [0.717, 1.165) is 38.0 Å². The molecule has 2 aromatic carbocycles. The third kappa shape index (κ3) is 4.41. The maximum Gasteiger partial charge on any atom is 0.414 e. The Morgan fingerprint density at radius 2 is 1.71 bits per heavy atom. The van der Waals surface area contributed by atoms with Gasteiger partial charge in [-0.05, 0) is 37.1 Å². The first-order chi connectivity index (χ1) is 16.3. The van der Waals surface area contributed by atoms with Crippen LogP contribution in [0.25, 0.3) is 0 Å². The quantitative estimate of drug-likeness (QED) is 0.571. The SMILES string of the molecule is O=C(O)C(=O)O.O=C1NCN(c2ccccc2)C12CCN(C1CCOc3cccc(F)c31)CC2. The van der Waals surface area contributed by atoms with Gasteiger partial charge >= 0.3 is 11.9 Å². The molecule has 3 aliphatic heterocycles. The molecule has 0 bridgehead atoms. The smallest absolute Gasteiger partial charge is 0.414 e. The van der Waals surface area contributed by atoms with Crippen LogP contribution in [0.4, 0.5) is 10.1 Å². The molecule has 0 radical (unpaired) electrons. The number of para-hydroxylation sites is 1. The topological polar surface area (TPSA) is 119 Å². The van der Waals surface area contributed by atoms with Crippen molar-refractivity contribution in [2.75, 3.05) is 31.3 Å². The Labute approximate surface area is 195 Å². The molecule has 2 aromatic rings. The fourth-order valence-corrected chi connectivity index (χ4v) is 4.99. The van der Waals surface area contributed by atoms with E-state index in [1.807, 2.05) is 24.3 Å². The van der Waals surface area contributed by atoms with E-state index in [0.29, 0.717) is 24.6 Å². The first-order valence-electron chi connectivity index (χ1n) is 11.1. The lowest BCUT2D eigenvalue weighted by Gasteiger charge is -2.46. The zero-order valence-electron chi connectivity index (χ0n) is 18.4. The normalized spacial score (nSPS) is 21.0. The number of piperidine rings is 1. The molecule has 180 valence electrons. The number of fused-ring (bicyclic) bond motifs is 1. The Kier molecular flexibility index (Phi) is 6.69. The minimum Gasteiger partial charge on any atom is -0.493 e. The number of carbonyl (C=O) groups excluding carboxylic acids is 1. The van der Waals surface area contributed by atoms with Crippen LogP contribution in [-0.2, 0) is 14.4 Å². The van der Waals surface area contributed by atoms with E-state index >= 15 is 0 Å². The second-order valence-electron chi connectivity index (χ2n) is 8.41. The maximum atomic E-state index is 14.5. The number of hydrogen-bond acceptors (Lipinski definition) is 6. The van der Waals surface area contributed by atoms with Gasteiger partial charge in [-0.15, -0.1) is 0 Å². The Morgan fingerprint density at radius 1 is 1.03 bits per heavy atom. The molecule has 1 atom stereocenters. The average molecular weight is 471 g/mol. The number of rotatable bonds is 2. The van der Waals surface area contributed by atoms with E-state index in [4.69, 9.17) is 24.5 Å². The number of anilines is 1. The van der Waals surface area contributed by atoms with Crippen molar-refractivity contribution in [2.45, 2.75) is 30.8 Å². The molecule has 1 spiro atoms. The molecule has 1 unspecified atom stereocenters. The van der Waals surface area contributed by atoms with Crippen LogP contribution in [0, 0.1) is 5.82 Å². The summed E-state index contributed by atoms with van der Waals surface area (Å²) in [5.41, 5.74) is 1.22. The third-order valence-corrected chi connectivity index (χ3v) is 6.65. The largest absolute Gasteiger partial charge is 0.493 e. The third-order valence-electron chi connectivity index (χ3n) is 6.65. The van der Waals surface area contributed by atoms with Crippen molar-refractivity contribution in [2.24, 2.45) is 0 Å². The summed E-state index contributed by atoms with van der Waals surface area (Å²) in [6, 6.07) is 15.2. The number of ether oxygens (including phenoxy) is 1. The summed E-state index contributed by atoms with van der Waals surface area (Å²) in [5, 5.41) is 17.8. The highest BCUT2D eigenvalue weighted by Crippen LogP contribution is 2.42. The number of benzene rings is 2. The van der Waals surface area contributed by atoms with Crippen LogP contribution in [-0.4, -0.2) is 64.9 Å². The molecular formula is C24H26FN3O6. The Hall–Kier alpha value is -3.66. The summed E-state index contributed by atoms with van der Waals surface area (Å²) >= 11 is 0. The Balaban J connectivity index is 0.000000408. The molecule has 2 fully saturated rings. The van der Waals surface area contributed by atoms with Gasteiger partial charge < -0.3 is 25.2 Å². The van der Waals surface area contributed by atoms with Crippen molar-refractivity contribution < 1.29 is 33.7 Å². The molecule has 3 heterocycles. The fourth-order valence-electron chi connectivity index (χ4n) is 4.99. The molecule has 10 heteroatoms. The molecule has 1 amide bonds. The number of halogens is 1. The lowest BCUT2D eigenvalue weighted by molar-refractivity contribution is -0.159. The average Bonchev–Trinajstić information content (AvgIpc) is 3.15. The van der Waals surface area contributed by atoms with Gasteiger partial charge in [-0.1, -0.05) is 24.3 Å². The lowest BCUT2D eigenvalue weighted by atomic mass is 9.84. The summed E-state index contributed by atoms with van der Waals surface area (Å²) < 4.78 is 20.2. The number of carbonyl (C=O) groups is 3. The van der Waals surface area contributed by atoms with E-state index in [1.165, 1.54) is 6.07 Å². The van der Waals surface area contributed by atoms with Gasteiger partial charge in [-0.2, -0.15) is 0 Å². The van der Waals surface area contributed by atoms with Gasteiger partial charge in [0.25, 0.3) is 0 Å². The van der Waals surface area contributed by atoms with E-state index < -0.39 is 17.5 Å². The Bertz CT molecular complexity index is 1060. The van der Waals surface area contributed by atoms with Crippen molar-refractivity contribution in [3.63, 3.8) is 0 Å². The van der Waals surface area contributed by atoms with Gasteiger partial charge in [0.15, 0.2) is 0 Å². The van der Waals surface area contributed by atoms with Crippen LogP contribution in [0.2, 0.25) is 0 Å². The van der Waals surface area contributed by atoms with Crippen molar-refractivity contribution in [3.8, 4) is 5.75 Å². The molecule has 3 N–H and O–H groups in total. The van der Waals surface area contributed by atoms with Crippen molar-refractivity contribution in [1.82, 2.24) is 10.2 Å². The van der Waals surface area contributed by atoms with Gasteiger partial charge in [0.05, 0.1) is 13.3 Å². The molecule has 34 heavy (non-hydrogen) atoms. The number of likely N-dealkylation sites (tertiary alicyclic amines) is 1. The molecule has 0 saturated carbocycles. The van der Waals surface area contributed by atoms with Crippen LogP contribution in [0.15, 0.2) is 48.5 Å². The minimum atomic E-state index is -1.82. The van der Waals surface area contributed by atoms with Crippen LogP contribution in [0.3, 0.4) is 0 Å². The molecule has 0 aromatic heterocycles. The second-order valence-corrected chi connectivity index (χ2v) is 8.41. The molecule has 2 saturated heterocycles. The van der Waals surface area contributed by atoms with Crippen molar-refractivity contribution in [3.05, 3.63) is 59.9 Å². The number of amides is 1. The zero-order chi connectivity index (χ0) is 24.3. The molecular weight excluding hydrogens is 445 g/mol. The molecule has 0 aliphatic carbocycles. The summed E-state index contributed by atoms with van der Waals surface area (Å²) in [6.07, 6.45) is 2.24. The molecule has 3 aliphatic rings. The number of carboxylic acid groups (broad SMARTS) is 2. The van der Waals surface area contributed by atoms with Crippen molar-refractivity contribution >= 4 is 23.5 Å². The number of aliphatic carboxylic acids is 2. The standard InChI is InChI=1S/C22H24FN3O2.C2H2O4/c23-17-7-4-8-19-20(17)18(9-14-28-19)25-12-10-22(11-13-25)21(27)24-15-26(22)16-5-2-1-3-6-16;3-1(4)2(5)6/h1-8,18H,9-15H2,(H,24,27);(H,3,4)(H,5,6). The summed E-state index contributed by atoms with van der Waals surface area (Å²) in [4.78, 5) is 35.5. The minimum absolute atomic E-state index is 0.0111. The van der Waals surface area contributed by atoms with E-state index in [9.17, 15) is 9.18 Å². The Morgan fingerprint density at radius 3 is 2.35 bits per heavy atom. The predicted molar refractivity (Wildman–Crippen MR) is 120 cm³/mol. The van der Waals surface area contributed by atoms with Gasteiger partial charge in [0.2, 0.25) is 5.91 Å². The number of nitrogens with zero attached hydrogens (tertiary/aromatic N) is 2. The number of carboxylic acids is 2. The summed E-state index contributed by atoms with van der Waals surface area (Å²) in [5.74, 6) is -3.09. The number of nitrogens with one attached hydrogen (secondary N) is 1. The second kappa shape index (κ2) is 9.68. The zero-order valence-corrected chi connectivity index (χ0v) is 18.4. The van der Waals surface area contributed by atoms with Crippen LogP contribution >= 0.6 is 0 Å². The van der Waals surface area contributed by atoms with Gasteiger partial charge in [0.1, 0.15) is 17.1 Å². The van der Waals surface area contributed by atoms with Gasteiger partial charge in [-0.25, -0.2) is 14.0 Å². The van der Waals surface area contributed by atoms with E-state index in [2.05, 4.69) is 27.2 Å². The highest BCUT2D eigenvalue weighted by atomic mass is 19.1. The van der Waals surface area contributed by atoms with E-state index in [1.54, 1.807) is 6.07 Å². The first kappa shape index (κ1) is 23.5. The monoisotopic (exact) mass is 471 g/mol. The highest BCUT2D eigenvalue weighted by Gasteiger charge is 2.51.